The van der Waals surface area contributed by atoms with Crippen molar-refractivity contribution in [2.24, 2.45) is 5.92 Å². The number of benzene rings is 1. The second-order valence-electron chi connectivity index (χ2n) is 4.71. The molecule has 0 aliphatic heterocycles. The van der Waals surface area contributed by atoms with Crippen molar-refractivity contribution < 1.29 is 0 Å². The first-order valence-electron chi connectivity index (χ1n) is 6.20. The first-order valence-corrected chi connectivity index (χ1v) is 6.20. The Morgan fingerprint density at radius 1 is 1.31 bits per heavy atom. The summed E-state index contributed by atoms with van der Waals surface area (Å²) in [6.07, 6.45) is 7.18. The molecule has 0 bridgehead atoms. The minimum Gasteiger partial charge on any atom is -0.0999 e. The van der Waals surface area contributed by atoms with Gasteiger partial charge in [0.1, 0.15) is 0 Å². The van der Waals surface area contributed by atoms with Crippen LogP contribution in [0.4, 0.5) is 0 Å². The zero-order chi connectivity index (χ0) is 11.4. The molecule has 0 aromatic heterocycles. The molecule has 2 rings (SSSR count). The van der Waals surface area contributed by atoms with Crippen LogP contribution in [0.3, 0.4) is 0 Å². The standard InChI is InChI=1S/C16H20/c1-3-13(2)11-14-9-10-16(12-14)15-7-5-4-6-8-15/h4-8,10,14H,2-3,9,11-12H2,1H3. The van der Waals surface area contributed by atoms with Gasteiger partial charge < -0.3 is 0 Å². The van der Waals surface area contributed by atoms with Gasteiger partial charge in [0.15, 0.2) is 0 Å². The van der Waals surface area contributed by atoms with Gasteiger partial charge in [-0.2, -0.15) is 0 Å². The Morgan fingerprint density at radius 2 is 2.06 bits per heavy atom. The van der Waals surface area contributed by atoms with E-state index in [1.54, 1.807) is 0 Å². The van der Waals surface area contributed by atoms with Gasteiger partial charge in [-0.1, -0.05) is 55.5 Å². The summed E-state index contributed by atoms with van der Waals surface area (Å²) >= 11 is 0. The summed E-state index contributed by atoms with van der Waals surface area (Å²) in [5, 5.41) is 0. The minimum atomic E-state index is 0.794. The Morgan fingerprint density at radius 3 is 2.75 bits per heavy atom. The van der Waals surface area contributed by atoms with E-state index in [0.29, 0.717) is 0 Å². The van der Waals surface area contributed by atoms with Gasteiger partial charge in [-0.3, -0.25) is 0 Å². The summed E-state index contributed by atoms with van der Waals surface area (Å²) in [7, 11) is 0. The highest BCUT2D eigenvalue weighted by atomic mass is 14.2. The van der Waals surface area contributed by atoms with Crippen molar-refractivity contribution in [2.75, 3.05) is 0 Å². The zero-order valence-electron chi connectivity index (χ0n) is 10.1. The fourth-order valence-electron chi connectivity index (χ4n) is 2.38. The van der Waals surface area contributed by atoms with E-state index in [4.69, 9.17) is 0 Å². The second-order valence-corrected chi connectivity index (χ2v) is 4.71. The quantitative estimate of drug-likeness (QED) is 0.627. The SMILES string of the molecule is C=C(CC)CC1CC=C(c2ccccc2)C1. The lowest BCUT2D eigenvalue weighted by Crippen LogP contribution is -1.96. The Kier molecular flexibility index (Phi) is 3.61. The lowest BCUT2D eigenvalue weighted by Gasteiger charge is -2.11. The van der Waals surface area contributed by atoms with Crippen molar-refractivity contribution >= 4 is 5.57 Å². The van der Waals surface area contributed by atoms with Crippen molar-refractivity contribution in [3.8, 4) is 0 Å². The number of rotatable bonds is 4. The summed E-state index contributed by atoms with van der Waals surface area (Å²) in [6.45, 7) is 6.31. The molecule has 0 amide bonds. The number of hydrogen-bond acceptors (Lipinski definition) is 0. The highest BCUT2D eigenvalue weighted by Crippen LogP contribution is 2.35. The van der Waals surface area contributed by atoms with Crippen LogP contribution >= 0.6 is 0 Å². The Labute approximate surface area is 98.7 Å². The van der Waals surface area contributed by atoms with Crippen LogP contribution in [0.25, 0.3) is 5.57 Å². The molecule has 0 radical (unpaired) electrons. The maximum absolute atomic E-state index is 4.11. The van der Waals surface area contributed by atoms with Crippen LogP contribution in [0, 0.1) is 5.92 Å². The van der Waals surface area contributed by atoms with E-state index >= 15 is 0 Å². The highest BCUT2D eigenvalue weighted by Gasteiger charge is 2.18. The molecule has 0 fully saturated rings. The molecule has 0 heterocycles. The molecular weight excluding hydrogens is 192 g/mol. The predicted molar refractivity (Wildman–Crippen MR) is 71.2 cm³/mol. The smallest absolute Gasteiger partial charge is 0.0228 e. The maximum Gasteiger partial charge on any atom is -0.0228 e. The molecular formula is C16H20. The van der Waals surface area contributed by atoms with E-state index in [1.165, 1.54) is 36.0 Å². The molecule has 1 aromatic carbocycles. The molecule has 1 aliphatic carbocycles. The molecule has 0 heteroatoms. The van der Waals surface area contributed by atoms with Gasteiger partial charge in [-0.15, -0.1) is 0 Å². The normalized spacial score (nSPS) is 19.6. The van der Waals surface area contributed by atoms with E-state index in [-0.39, 0.29) is 0 Å². The van der Waals surface area contributed by atoms with Gasteiger partial charge in [0, 0.05) is 0 Å². The van der Waals surface area contributed by atoms with Gasteiger partial charge in [0.2, 0.25) is 0 Å². The Bertz CT molecular complexity index is 384. The molecule has 0 saturated carbocycles. The van der Waals surface area contributed by atoms with Crippen molar-refractivity contribution in [3.63, 3.8) is 0 Å². The third-order valence-electron chi connectivity index (χ3n) is 3.43. The second kappa shape index (κ2) is 5.16. The molecule has 0 N–H and O–H groups in total. The lowest BCUT2D eigenvalue weighted by atomic mass is 9.94. The fraction of sp³-hybridized carbons (Fsp3) is 0.375. The van der Waals surface area contributed by atoms with Crippen LogP contribution in [0.15, 0.2) is 48.6 Å². The summed E-state index contributed by atoms with van der Waals surface area (Å²) in [5.41, 5.74) is 4.31. The van der Waals surface area contributed by atoms with E-state index in [2.05, 4.69) is 49.9 Å². The van der Waals surface area contributed by atoms with Gasteiger partial charge in [0.05, 0.1) is 0 Å². The third-order valence-corrected chi connectivity index (χ3v) is 3.43. The van der Waals surface area contributed by atoms with E-state index in [1.807, 2.05) is 0 Å². The van der Waals surface area contributed by atoms with Crippen LogP contribution in [0.1, 0.15) is 38.2 Å². The predicted octanol–water partition coefficient (Wildman–Crippen LogP) is 4.84. The molecule has 1 atom stereocenters. The monoisotopic (exact) mass is 212 g/mol. The van der Waals surface area contributed by atoms with E-state index in [9.17, 15) is 0 Å². The molecule has 0 spiro atoms. The zero-order valence-corrected chi connectivity index (χ0v) is 10.1. The third kappa shape index (κ3) is 2.63. The summed E-state index contributed by atoms with van der Waals surface area (Å²) in [6, 6.07) is 10.7. The number of hydrogen-bond donors (Lipinski definition) is 0. The first kappa shape index (κ1) is 11.2. The van der Waals surface area contributed by atoms with E-state index in [0.717, 1.165) is 12.3 Å². The minimum absolute atomic E-state index is 0.794. The molecule has 0 saturated heterocycles. The molecule has 1 unspecified atom stereocenters. The first-order chi connectivity index (χ1) is 7.79. The maximum atomic E-state index is 4.11. The van der Waals surface area contributed by atoms with Crippen molar-refractivity contribution in [1.82, 2.24) is 0 Å². The molecule has 1 aliphatic rings. The average Bonchev–Trinajstić information content (AvgIpc) is 2.78. The van der Waals surface area contributed by atoms with Gasteiger partial charge in [-0.05, 0) is 42.7 Å². The van der Waals surface area contributed by atoms with Crippen LogP contribution in [0.2, 0.25) is 0 Å². The van der Waals surface area contributed by atoms with Gasteiger partial charge >= 0.3 is 0 Å². The Balaban J connectivity index is 1.95. The van der Waals surface area contributed by atoms with Gasteiger partial charge in [0.25, 0.3) is 0 Å². The van der Waals surface area contributed by atoms with Gasteiger partial charge in [-0.25, -0.2) is 0 Å². The summed E-state index contributed by atoms with van der Waals surface area (Å²) < 4.78 is 0. The summed E-state index contributed by atoms with van der Waals surface area (Å²) in [4.78, 5) is 0. The Hall–Kier alpha value is -1.30. The van der Waals surface area contributed by atoms with Crippen molar-refractivity contribution in [3.05, 3.63) is 54.1 Å². The topological polar surface area (TPSA) is 0 Å². The number of allylic oxidation sites excluding steroid dienone is 3. The van der Waals surface area contributed by atoms with Crippen molar-refractivity contribution in [2.45, 2.75) is 32.6 Å². The van der Waals surface area contributed by atoms with Crippen molar-refractivity contribution in [1.29, 1.82) is 0 Å². The molecule has 84 valence electrons. The average molecular weight is 212 g/mol. The van der Waals surface area contributed by atoms with Crippen LogP contribution in [0.5, 0.6) is 0 Å². The van der Waals surface area contributed by atoms with Crippen LogP contribution in [-0.4, -0.2) is 0 Å². The molecule has 0 nitrogen and oxygen atoms in total. The summed E-state index contributed by atoms with van der Waals surface area (Å²) in [5.74, 6) is 0.794. The highest BCUT2D eigenvalue weighted by molar-refractivity contribution is 5.67. The largest absolute Gasteiger partial charge is 0.0999 e. The lowest BCUT2D eigenvalue weighted by molar-refractivity contribution is 0.561. The van der Waals surface area contributed by atoms with Crippen LogP contribution < -0.4 is 0 Å². The molecule has 1 aromatic rings. The van der Waals surface area contributed by atoms with E-state index < -0.39 is 0 Å². The fourth-order valence-corrected chi connectivity index (χ4v) is 2.38. The van der Waals surface area contributed by atoms with Crippen LogP contribution in [-0.2, 0) is 0 Å². The molecule has 16 heavy (non-hydrogen) atoms.